The van der Waals surface area contributed by atoms with E-state index in [9.17, 15) is 9.59 Å². The molecule has 1 aromatic rings. The quantitative estimate of drug-likeness (QED) is 0.868. The molecule has 1 aliphatic rings. The minimum absolute atomic E-state index is 0.0560. The number of rotatable bonds is 5. The summed E-state index contributed by atoms with van der Waals surface area (Å²) in [5.74, 6) is -0.186. The van der Waals surface area contributed by atoms with E-state index in [0.717, 1.165) is 31.5 Å². The van der Waals surface area contributed by atoms with Gasteiger partial charge in [-0.15, -0.1) is 0 Å². The monoisotopic (exact) mass is 289 g/mol. The number of carbonyl (C=O) groups is 2. The van der Waals surface area contributed by atoms with Crippen LogP contribution in [0.15, 0.2) is 30.3 Å². The van der Waals surface area contributed by atoms with Crippen LogP contribution >= 0.6 is 0 Å². The molecule has 2 rings (SSSR count). The summed E-state index contributed by atoms with van der Waals surface area (Å²) < 4.78 is 0. The largest absolute Gasteiger partial charge is 0.349 e. The summed E-state index contributed by atoms with van der Waals surface area (Å²) in [5, 5.41) is 4.82. The van der Waals surface area contributed by atoms with Crippen LogP contribution in [0, 0.1) is 0 Å². The van der Waals surface area contributed by atoms with Gasteiger partial charge in [0, 0.05) is 20.0 Å². The number of hydrogen-bond donors (Lipinski definition) is 2. The molecule has 0 saturated carbocycles. The lowest BCUT2D eigenvalue weighted by atomic mass is 10.0. The van der Waals surface area contributed by atoms with Crippen LogP contribution in [0.25, 0.3) is 0 Å². The molecule has 114 valence electrons. The van der Waals surface area contributed by atoms with Crippen molar-refractivity contribution in [3.8, 4) is 0 Å². The number of carbonyl (C=O) groups excluding carboxylic acids is 2. The predicted molar refractivity (Wildman–Crippen MR) is 81.2 cm³/mol. The van der Waals surface area contributed by atoms with Crippen molar-refractivity contribution in [2.24, 2.45) is 0 Å². The molecule has 21 heavy (non-hydrogen) atoms. The maximum Gasteiger partial charge on any atom is 0.236 e. The van der Waals surface area contributed by atoms with Gasteiger partial charge in [-0.1, -0.05) is 36.8 Å². The highest BCUT2D eigenvalue weighted by Crippen LogP contribution is 2.16. The van der Waals surface area contributed by atoms with Crippen molar-refractivity contribution < 1.29 is 9.59 Å². The Morgan fingerprint density at radius 2 is 1.81 bits per heavy atom. The smallest absolute Gasteiger partial charge is 0.236 e. The minimum atomic E-state index is -0.284. The zero-order valence-electron chi connectivity index (χ0n) is 12.5. The summed E-state index contributed by atoms with van der Waals surface area (Å²) in [6, 6.07) is 9.30. The Balaban J connectivity index is 1.94. The lowest BCUT2D eigenvalue weighted by Gasteiger charge is -2.28. The van der Waals surface area contributed by atoms with E-state index in [-0.39, 0.29) is 24.3 Å². The van der Waals surface area contributed by atoms with E-state index in [1.807, 2.05) is 35.3 Å². The van der Waals surface area contributed by atoms with Gasteiger partial charge < -0.3 is 5.32 Å². The molecule has 0 aliphatic carbocycles. The number of piperidine rings is 1. The Morgan fingerprint density at radius 3 is 2.43 bits per heavy atom. The van der Waals surface area contributed by atoms with Crippen molar-refractivity contribution in [2.45, 2.75) is 38.6 Å². The van der Waals surface area contributed by atoms with Crippen LogP contribution in [0.4, 0.5) is 0 Å². The number of benzene rings is 1. The van der Waals surface area contributed by atoms with Crippen LogP contribution < -0.4 is 10.7 Å². The average molecular weight is 289 g/mol. The van der Waals surface area contributed by atoms with E-state index < -0.39 is 0 Å². The highest BCUT2D eigenvalue weighted by atomic mass is 16.2. The van der Waals surface area contributed by atoms with Gasteiger partial charge in [0.2, 0.25) is 11.8 Å². The molecular formula is C16H23N3O2. The van der Waals surface area contributed by atoms with Gasteiger partial charge in [-0.05, 0) is 18.4 Å². The van der Waals surface area contributed by atoms with Crippen molar-refractivity contribution in [1.29, 1.82) is 0 Å². The van der Waals surface area contributed by atoms with Gasteiger partial charge in [0.05, 0.1) is 12.5 Å². The number of hydrazine groups is 1. The summed E-state index contributed by atoms with van der Waals surface area (Å²) >= 11 is 0. The molecular weight excluding hydrogens is 266 g/mol. The molecule has 2 N–H and O–H groups in total. The van der Waals surface area contributed by atoms with E-state index >= 15 is 0 Å². The maximum absolute atomic E-state index is 12.2. The second-order valence-corrected chi connectivity index (χ2v) is 5.45. The third-order valence-corrected chi connectivity index (χ3v) is 3.61. The molecule has 0 aromatic heterocycles. The normalized spacial score (nSPS) is 17.0. The SMILES string of the molecule is CC(=O)N[C@@H](CC(=O)NN1CCCCC1)c1ccccc1. The summed E-state index contributed by atoms with van der Waals surface area (Å²) in [4.78, 5) is 23.5. The molecule has 1 saturated heterocycles. The first-order chi connectivity index (χ1) is 10.1. The van der Waals surface area contributed by atoms with E-state index in [2.05, 4.69) is 10.7 Å². The third kappa shape index (κ3) is 5.19. The van der Waals surface area contributed by atoms with Crippen molar-refractivity contribution in [3.05, 3.63) is 35.9 Å². The second kappa shape index (κ2) is 7.78. The van der Waals surface area contributed by atoms with Crippen molar-refractivity contribution in [2.75, 3.05) is 13.1 Å². The lowest BCUT2D eigenvalue weighted by molar-refractivity contribution is -0.127. The summed E-state index contributed by atoms with van der Waals surface area (Å²) in [6.45, 7) is 3.28. The van der Waals surface area contributed by atoms with Crippen molar-refractivity contribution in [1.82, 2.24) is 15.8 Å². The molecule has 2 amide bonds. The zero-order chi connectivity index (χ0) is 15.1. The van der Waals surface area contributed by atoms with Crippen LogP contribution in [0.2, 0.25) is 0 Å². The Hall–Kier alpha value is -1.88. The Morgan fingerprint density at radius 1 is 1.14 bits per heavy atom. The summed E-state index contributed by atoms with van der Waals surface area (Å²) in [7, 11) is 0. The molecule has 5 nitrogen and oxygen atoms in total. The maximum atomic E-state index is 12.2. The molecule has 1 aliphatic heterocycles. The Labute approximate surface area is 125 Å². The van der Waals surface area contributed by atoms with E-state index in [1.54, 1.807) is 0 Å². The minimum Gasteiger partial charge on any atom is -0.349 e. The van der Waals surface area contributed by atoms with E-state index in [1.165, 1.54) is 13.3 Å². The highest BCUT2D eigenvalue weighted by molar-refractivity contribution is 5.78. The van der Waals surface area contributed by atoms with Gasteiger partial charge >= 0.3 is 0 Å². The zero-order valence-corrected chi connectivity index (χ0v) is 12.5. The number of hydrogen-bond acceptors (Lipinski definition) is 3. The van der Waals surface area contributed by atoms with Crippen LogP contribution in [0.1, 0.15) is 44.2 Å². The molecule has 5 heteroatoms. The van der Waals surface area contributed by atoms with E-state index in [0.29, 0.717) is 0 Å². The van der Waals surface area contributed by atoms with Gasteiger partial charge in [-0.2, -0.15) is 0 Å². The average Bonchev–Trinajstić information content (AvgIpc) is 2.48. The fourth-order valence-electron chi connectivity index (χ4n) is 2.60. The first kappa shape index (κ1) is 15.5. The molecule has 1 fully saturated rings. The molecule has 1 heterocycles. The molecule has 0 spiro atoms. The number of nitrogens with zero attached hydrogens (tertiary/aromatic N) is 1. The molecule has 0 unspecified atom stereocenters. The molecule has 0 radical (unpaired) electrons. The van der Waals surface area contributed by atoms with Gasteiger partial charge in [0.15, 0.2) is 0 Å². The third-order valence-electron chi connectivity index (χ3n) is 3.61. The van der Waals surface area contributed by atoms with Gasteiger partial charge in [-0.3, -0.25) is 15.0 Å². The van der Waals surface area contributed by atoms with Crippen molar-refractivity contribution in [3.63, 3.8) is 0 Å². The lowest BCUT2D eigenvalue weighted by Crippen LogP contribution is -2.46. The Bertz CT molecular complexity index is 470. The molecule has 1 aromatic carbocycles. The standard InChI is InChI=1S/C16H23N3O2/c1-13(20)17-15(14-8-4-2-5-9-14)12-16(21)18-19-10-6-3-7-11-19/h2,4-5,8-9,15H,3,6-7,10-12H2,1H3,(H,17,20)(H,18,21)/t15-/m0/s1. The van der Waals surface area contributed by atoms with Gasteiger partial charge in [0.1, 0.15) is 0 Å². The van der Waals surface area contributed by atoms with Crippen molar-refractivity contribution >= 4 is 11.8 Å². The Kier molecular flexibility index (Phi) is 5.75. The highest BCUT2D eigenvalue weighted by Gasteiger charge is 2.19. The van der Waals surface area contributed by atoms with Crippen LogP contribution in [0.5, 0.6) is 0 Å². The first-order valence-corrected chi connectivity index (χ1v) is 7.51. The van der Waals surface area contributed by atoms with Gasteiger partial charge in [0.25, 0.3) is 0 Å². The van der Waals surface area contributed by atoms with Crippen LogP contribution in [-0.4, -0.2) is 29.9 Å². The number of nitrogens with one attached hydrogen (secondary N) is 2. The topological polar surface area (TPSA) is 61.4 Å². The van der Waals surface area contributed by atoms with Crippen LogP contribution in [0.3, 0.4) is 0 Å². The van der Waals surface area contributed by atoms with Crippen LogP contribution in [-0.2, 0) is 9.59 Å². The molecule has 0 bridgehead atoms. The second-order valence-electron chi connectivity index (χ2n) is 5.45. The summed E-state index contributed by atoms with van der Waals surface area (Å²) in [5.41, 5.74) is 3.88. The number of amides is 2. The van der Waals surface area contributed by atoms with Gasteiger partial charge in [-0.25, -0.2) is 5.01 Å². The van der Waals surface area contributed by atoms with E-state index in [4.69, 9.17) is 0 Å². The first-order valence-electron chi connectivity index (χ1n) is 7.51. The fraction of sp³-hybridized carbons (Fsp3) is 0.500. The molecule has 1 atom stereocenters. The fourth-order valence-corrected chi connectivity index (χ4v) is 2.60. The summed E-state index contributed by atoms with van der Waals surface area (Å²) in [6.07, 6.45) is 3.72. The predicted octanol–water partition coefficient (Wildman–Crippen LogP) is 1.77.